The van der Waals surface area contributed by atoms with Crippen LogP contribution in [0.2, 0.25) is 5.02 Å². The second kappa shape index (κ2) is 5.06. The normalized spacial score (nSPS) is 10.2. The van der Waals surface area contributed by atoms with E-state index in [0.717, 1.165) is 0 Å². The molecule has 0 atom stereocenters. The van der Waals surface area contributed by atoms with Crippen LogP contribution in [0, 0.1) is 0 Å². The molecule has 1 aromatic heterocycles. The number of carbonyl (C=O) groups excluding carboxylic acids is 1. The molecule has 1 heterocycles. The summed E-state index contributed by atoms with van der Waals surface area (Å²) in [7, 11) is 1.52. The van der Waals surface area contributed by atoms with Crippen molar-refractivity contribution in [2.24, 2.45) is 0 Å². The van der Waals surface area contributed by atoms with Gasteiger partial charge in [-0.1, -0.05) is 11.6 Å². The minimum atomic E-state index is -0.0840. The van der Waals surface area contributed by atoms with E-state index >= 15 is 0 Å². The highest BCUT2D eigenvalue weighted by Crippen LogP contribution is 2.24. The van der Waals surface area contributed by atoms with Gasteiger partial charge in [-0.25, -0.2) is 0 Å². The quantitative estimate of drug-likeness (QED) is 0.781. The minimum Gasteiger partial charge on any atom is -0.496 e. The zero-order valence-corrected chi connectivity index (χ0v) is 10.0. The van der Waals surface area contributed by atoms with Crippen molar-refractivity contribution in [2.75, 3.05) is 7.11 Å². The Kier molecular flexibility index (Phi) is 3.49. The van der Waals surface area contributed by atoms with Crippen LogP contribution in [0.3, 0.4) is 0 Å². The third kappa shape index (κ3) is 2.68. The second-order valence-corrected chi connectivity index (χ2v) is 3.96. The zero-order valence-electron chi connectivity index (χ0n) is 9.27. The number of halogens is 1. The van der Waals surface area contributed by atoms with Crippen molar-refractivity contribution < 1.29 is 13.9 Å². The van der Waals surface area contributed by atoms with Gasteiger partial charge in [0.05, 0.1) is 25.4 Å². The number of carbonyl (C=O) groups is 1. The van der Waals surface area contributed by atoms with E-state index in [4.69, 9.17) is 20.8 Å². The van der Waals surface area contributed by atoms with Gasteiger partial charge in [-0.2, -0.15) is 0 Å². The van der Waals surface area contributed by atoms with Gasteiger partial charge in [0.15, 0.2) is 5.78 Å². The lowest BCUT2D eigenvalue weighted by molar-refractivity contribution is 0.0984. The van der Waals surface area contributed by atoms with Gasteiger partial charge >= 0.3 is 0 Å². The number of benzene rings is 1. The van der Waals surface area contributed by atoms with Gasteiger partial charge in [-0.15, -0.1) is 0 Å². The van der Waals surface area contributed by atoms with Crippen LogP contribution in [-0.2, 0) is 6.42 Å². The number of hydrogen-bond acceptors (Lipinski definition) is 3. The lowest BCUT2D eigenvalue weighted by Crippen LogP contribution is -2.05. The molecule has 0 aliphatic heterocycles. The fourth-order valence-corrected chi connectivity index (χ4v) is 1.74. The summed E-state index contributed by atoms with van der Waals surface area (Å²) in [4.78, 5) is 12.0. The topological polar surface area (TPSA) is 39.4 Å². The average Bonchev–Trinajstić information content (AvgIpc) is 2.81. The van der Waals surface area contributed by atoms with E-state index in [0.29, 0.717) is 22.1 Å². The Hall–Kier alpha value is -1.74. The van der Waals surface area contributed by atoms with E-state index in [1.54, 1.807) is 30.3 Å². The Balaban J connectivity index is 2.26. The highest BCUT2D eigenvalue weighted by molar-refractivity contribution is 6.31. The molecule has 3 nitrogen and oxygen atoms in total. The lowest BCUT2D eigenvalue weighted by atomic mass is 10.1. The number of rotatable bonds is 4. The molecule has 0 unspecified atom stereocenters. The molecule has 17 heavy (non-hydrogen) atoms. The van der Waals surface area contributed by atoms with E-state index in [1.165, 1.54) is 13.4 Å². The van der Waals surface area contributed by atoms with Crippen molar-refractivity contribution >= 4 is 17.4 Å². The van der Waals surface area contributed by atoms with Crippen LogP contribution < -0.4 is 4.74 Å². The third-order valence-electron chi connectivity index (χ3n) is 2.38. The van der Waals surface area contributed by atoms with E-state index in [9.17, 15) is 4.79 Å². The number of ketones is 1. The number of hydrogen-bond donors (Lipinski definition) is 0. The summed E-state index contributed by atoms with van der Waals surface area (Å²) >= 11 is 5.87. The number of methoxy groups -OCH3 is 1. The van der Waals surface area contributed by atoms with E-state index in [1.807, 2.05) is 0 Å². The molecule has 2 aromatic rings. The summed E-state index contributed by atoms with van der Waals surface area (Å²) in [6.45, 7) is 0. The average molecular weight is 251 g/mol. The van der Waals surface area contributed by atoms with E-state index in [-0.39, 0.29) is 12.2 Å². The maximum absolute atomic E-state index is 12.0. The van der Waals surface area contributed by atoms with Gasteiger partial charge in [0.25, 0.3) is 0 Å². The molecule has 0 bridgehead atoms. The minimum absolute atomic E-state index is 0.0840. The van der Waals surface area contributed by atoms with Crippen LogP contribution in [0.4, 0.5) is 0 Å². The molecule has 0 spiro atoms. The first kappa shape index (κ1) is 11.7. The maximum Gasteiger partial charge on any atom is 0.174 e. The molecule has 0 saturated heterocycles. The Bertz CT molecular complexity index is 517. The van der Waals surface area contributed by atoms with Crippen LogP contribution in [0.15, 0.2) is 41.0 Å². The van der Waals surface area contributed by atoms with Gasteiger partial charge in [-0.3, -0.25) is 4.79 Å². The van der Waals surface area contributed by atoms with Gasteiger partial charge in [0.2, 0.25) is 0 Å². The predicted molar refractivity (Wildman–Crippen MR) is 64.7 cm³/mol. The third-order valence-corrected chi connectivity index (χ3v) is 2.61. The molecule has 0 amide bonds. The Morgan fingerprint density at radius 2 is 2.24 bits per heavy atom. The first-order valence-electron chi connectivity index (χ1n) is 5.10. The number of furan rings is 1. The molecular weight excluding hydrogens is 240 g/mol. The zero-order chi connectivity index (χ0) is 12.3. The summed E-state index contributed by atoms with van der Waals surface area (Å²) < 4.78 is 10.3. The molecular formula is C13H11ClO3. The van der Waals surface area contributed by atoms with Crippen LogP contribution in [0.5, 0.6) is 5.75 Å². The molecule has 0 radical (unpaired) electrons. The molecule has 0 saturated carbocycles. The molecule has 2 rings (SSSR count). The summed E-state index contributed by atoms with van der Waals surface area (Å²) in [5.41, 5.74) is 0.469. The molecule has 4 heteroatoms. The van der Waals surface area contributed by atoms with Crippen molar-refractivity contribution in [1.29, 1.82) is 0 Å². The fraction of sp³-hybridized carbons (Fsp3) is 0.154. The second-order valence-electron chi connectivity index (χ2n) is 3.52. The predicted octanol–water partition coefficient (Wildman–Crippen LogP) is 3.37. The monoisotopic (exact) mass is 250 g/mol. The Morgan fingerprint density at radius 3 is 2.88 bits per heavy atom. The maximum atomic E-state index is 12.0. The van der Waals surface area contributed by atoms with Crippen LogP contribution in [-0.4, -0.2) is 12.9 Å². The molecule has 88 valence electrons. The van der Waals surface area contributed by atoms with Crippen LogP contribution >= 0.6 is 11.6 Å². The molecule has 0 aliphatic rings. The van der Waals surface area contributed by atoms with E-state index in [2.05, 4.69) is 0 Å². The molecule has 0 N–H and O–H groups in total. The Labute approximate surface area is 104 Å². The fourth-order valence-electron chi connectivity index (χ4n) is 1.56. The lowest BCUT2D eigenvalue weighted by Gasteiger charge is -2.07. The smallest absolute Gasteiger partial charge is 0.174 e. The van der Waals surface area contributed by atoms with Crippen LogP contribution in [0.25, 0.3) is 0 Å². The van der Waals surface area contributed by atoms with Gasteiger partial charge < -0.3 is 9.15 Å². The first-order valence-corrected chi connectivity index (χ1v) is 5.47. The van der Waals surface area contributed by atoms with Crippen molar-refractivity contribution in [3.8, 4) is 5.75 Å². The summed E-state index contributed by atoms with van der Waals surface area (Å²) in [5, 5.41) is 0.508. The van der Waals surface area contributed by atoms with E-state index < -0.39 is 0 Å². The summed E-state index contributed by atoms with van der Waals surface area (Å²) in [6.07, 6.45) is 1.74. The van der Waals surface area contributed by atoms with Gasteiger partial charge in [-0.05, 0) is 30.3 Å². The number of ether oxygens (including phenoxy) is 1. The molecule has 0 aliphatic carbocycles. The highest BCUT2D eigenvalue weighted by atomic mass is 35.5. The molecule has 0 fully saturated rings. The largest absolute Gasteiger partial charge is 0.496 e. The first-order chi connectivity index (χ1) is 8.20. The Morgan fingerprint density at radius 1 is 1.41 bits per heavy atom. The van der Waals surface area contributed by atoms with Crippen molar-refractivity contribution in [3.05, 3.63) is 52.9 Å². The highest BCUT2D eigenvalue weighted by Gasteiger charge is 2.14. The van der Waals surface area contributed by atoms with Crippen molar-refractivity contribution in [1.82, 2.24) is 0 Å². The van der Waals surface area contributed by atoms with Crippen molar-refractivity contribution in [2.45, 2.75) is 6.42 Å². The summed E-state index contributed by atoms with van der Waals surface area (Å²) in [6, 6.07) is 8.47. The van der Waals surface area contributed by atoms with Crippen molar-refractivity contribution in [3.63, 3.8) is 0 Å². The number of Topliss-reactive ketones (excluding diaryl/α,β-unsaturated/α-hetero) is 1. The van der Waals surface area contributed by atoms with Gasteiger partial charge in [0, 0.05) is 5.02 Å². The SMILES string of the molecule is COc1ccc(Cl)cc1C(=O)Cc1ccco1. The van der Waals surface area contributed by atoms with Gasteiger partial charge in [0.1, 0.15) is 11.5 Å². The summed E-state index contributed by atoms with van der Waals surface area (Å²) in [5.74, 6) is 1.06. The molecule has 1 aromatic carbocycles. The standard InChI is InChI=1S/C13H11ClO3/c1-16-13-5-4-9(14)7-11(13)12(15)8-10-3-2-6-17-10/h2-7H,8H2,1H3. The van der Waals surface area contributed by atoms with Crippen LogP contribution in [0.1, 0.15) is 16.1 Å².